The Morgan fingerprint density at radius 2 is 1.90 bits per heavy atom. The molecule has 1 aromatic rings. The minimum Gasteiger partial charge on any atom is -0.397 e. The number of hydrogen-bond acceptors (Lipinski definition) is 4. The van der Waals surface area contributed by atoms with Gasteiger partial charge in [0.1, 0.15) is 4.90 Å². The zero-order valence-corrected chi connectivity index (χ0v) is 13.8. The number of sulfonamides is 1. The lowest BCUT2D eigenvalue weighted by molar-refractivity contribution is 0.362. The van der Waals surface area contributed by atoms with Gasteiger partial charge in [-0.25, -0.2) is 13.1 Å². The summed E-state index contributed by atoms with van der Waals surface area (Å²) in [4.78, 5) is 0.230. The van der Waals surface area contributed by atoms with Crippen LogP contribution < -0.4 is 10.5 Å². The number of benzene rings is 1. The van der Waals surface area contributed by atoms with Crippen molar-refractivity contribution in [2.45, 2.75) is 42.8 Å². The number of aryl methyl sites for hydroxylation is 2. The lowest BCUT2D eigenvalue weighted by Gasteiger charge is -2.40. The van der Waals surface area contributed by atoms with E-state index in [0.29, 0.717) is 17.8 Å². The quantitative estimate of drug-likeness (QED) is 0.819. The van der Waals surface area contributed by atoms with Gasteiger partial charge in [-0.1, -0.05) is 18.6 Å². The Morgan fingerprint density at radius 1 is 1.30 bits per heavy atom. The van der Waals surface area contributed by atoms with E-state index in [0.717, 1.165) is 18.4 Å². The van der Waals surface area contributed by atoms with Crippen LogP contribution >= 0.6 is 11.8 Å². The highest BCUT2D eigenvalue weighted by Gasteiger charge is 2.37. The summed E-state index contributed by atoms with van der Waals surface area (Å²) in [6.45, 7) is 4.07. The molecule has 6 heteroatoms. The fourth-order valence-corrected chi connectivity index (χ4v) is 5.04. The van der Waals surface area contributed by atoms with Crippen molar-refractivity contribution in [3.8, 4) is 0 Å². The highest BCUT2D eigenvalue weighted by Crippen LogP contribution is 2.42. The van der Waals surface area contributed by atoms with Crippen molar-refractivity contribution in [2.24, 2.45) is 0 Å². The summed E-state index contributed by atoms with van der Waals surface area (Å²) in [7, 11) is -3.55. The van der Waals surface area contributed by atoms with Crippen LogP contribution in [0.4, 0.5) is 5.69 Å². The van der Waals surface area contributed by atoms with Gasteiger partial charge in [0.25, 0.3) is 0 Å². The molecule has 1 saturated carbocycles. The molecule has 0 bridgehead atoms. The maximum Gasteiger partial charge on any atom is 0.242 e. The molecule has 0 spiro atoms. The van der Waals surface area contributed by atoms with Gasteiger partial charge in [-0.2, -0.15) is 11.8 Å². The van der Waals surface area contributed by atoms with E-state index in [1.165, 1.54) is 6.42 Å². The molecule has 3 N–H and O–H groups in total. The highest BCUT2D eigenvalue weighted by atomic mass is 32.2. The second-order valence-corrected chi connectivity index (χ2v) is 8.49. The van der Waals surface area contributed by atoms with Gasteiger partial charge in [0.15, 0.2) is 0 Å². The van der Waals surface area contributed by atoms with Crippen molar-refractivity contribution in [2.75, 3.05) is 18.5 Å². The van der Waals surface area contributed by atoms with Crippen molar-refractivity contribution in [1.82, 2.24) is 4.72 Å². The first-order chi connectivity index (χ1) is 9.31. The third-order valence-corrected chi connectivity index (χ3v) is 7.18. The third-order valence-electron chi connectivity index (χ3n) is 4.16. The van der Waals surface area contributed by atoms with Gasteiger partial charge in [0.2, 0.25) is 10.0 Å². The van der Waals surface area contributed by atoms with E-state index in [-0.39, 0.29) is 9.64 Å². The van der Waals surface area contributed by atoms with Crippen LogP contribution in [0, 0.1) is 13.8 Å². The molecule has 0 radical (unpaired) electrons. The molecule has 0 aromatic heterocycles. The Hall–Kier alpha value is -0.720. The predicted octanol–water partition coefficient (Wildman–Crippen LogP) is 2.45. The average molecular weight is 314 g/mol. The number of nitrogens with one attached hydrogen (secondary N) is 1. The molecule has 2 rings (SSSR count). The van der Waals surface area contributed by atoms with Crippen LogP contribution in [0.2, 0.25) is 0 Å². The minimum absolute atomic E-state index is 0.0690. The van der Waals surface area contributed by atoms with Crippen molar-refractivity contribution >= 4 is 27.5 Å². The third kappa shape index (κ3) is 2.82. The van der Waals surface area contributed by atoms with Crippen LogP contribution in [0.25, 0.3) is 0 Å². The van der Waals surface area contributed by atoms with Gasteiger partial charge >= 0.3 is 0 Å². The summed E-state index contributed by atoms with van der Waals surface area (Å²) in [5.74, 6) is 0. The van der Waals surface area contributed by atoms with Crippen LogP contribution in [-0.4, -0.2) is 26.0 Å². The Bertz CT molecular complexity index is 602. The second-order valence-electron chi connectivity index (χ2n) is 5.51. The molecule has 0 atom stereocenters. The lowest BCUT2D eigenvalue weighted by atomic mass is 9.84. The van der Waals surface area contributed by atoms with Crippen LogP contribution in [0.1, 0.15) is 30.4 Å². The zero-order chi connectivity index (χ0) is 15.0. The average Bonchev–Trinajstić information content (AvgIpc) is 2.33. The minimum atomic E-state index is -3.55. The normalized spacial score (nSPS) is 17.8. The Morgan fingerprint density at radius 3 is 2.40 bits per heavy atom. The van der Waals surface area contributed by atoms with E-state index < -0.39 is 10.0 Å². The largest absolute Gasteiger partial charge is 0.397 e. The molecular formula is C14H22N2O2S2. The van der Waals surface area contributed by atoms with Gasteiger partial charge in [-0.15, -0.1) is 0 Å². The maximum atomic E-state index is 12.5. The number of nitrogen functional groups attached to an aromatic ring is 1. The molecule has 0 heterocycles. The predicted molar refractivity (Wildman–Crippen MR) is 85.6 cm³/mol. The molecule has 112 valence electrons. The summed E-state index contributed by atoms with van der Waals surface area (Å²) in [5.41, 5.74) is 7.79. The second kappa shape index (κ2) is 5.58. The molecule has 1 aliphatic rings. The summed E-state index contributed by atoms with van der Waals surface area (Å²) >= 11 is 1.75. The topological polar surface area (TPSA) is 72.2 Å². The first-order valence-corrected chi connectivity index (χ1v) is 9.43. The Kier molecular flexibility index (Phi) is 4.37. The van der Waals surface area contributed by atoms with E-state index >= 15 is 0 Å². The van der Waals surface area contributed by atoms with E-state index in [1.807, 2.05) is 19.2 Å². The molecular weight excluding hydrogens is 292 g/mol. The fraction of sp³-hybridized carbons (Fsp3) is 0.571. The number of hydrogen-bond donors (Lipinski definition) is 2. The first kappa shape index (κ1) is 15.7. The van der Waals surface area contributed by atoms with E-state index in [4.69, 9.17) is 5.73 Å². The van der Waals surface area contributed by atoms with E-state index in [9.17, 15) is 8.42 Å². The van der Waals surface area contributed by atoms with Crippen LogP contribution in [0.5, 0.6) is 0 Å². The van der Waals surface area contributed by atoms with Gasteiger partial charge in [0, 0.05) is 11.3 Å². The summed E-state index contributed by atoms with van der Waals surface area (Å²) in [5, 5.41) is 0. The number of thioether (sulfide) groups is 1. The van der Waals surface area contributed by atoms with Gasteiger partial charge in [-0.05, 0) is 44.1 Å². The van der Waals surface area contributed by atoms with Gasteiger partial charge < -0.3 is 5.73 Å². The molecule has 0 amide bonds. The fourth-order valence-electron chi connectivity index (χ4n) is 2.49. The first-order valence-electron chi connectivity index (χ1n) is 6.72. The molecule has 1 fully saturated rings. The molecule has 20 heavy (non-hydrogen) atoms. The smallest absolute Gasteiger partial charge is 0.242 e. The summed E-state index contributed by atoms with van der Waals surface area (Å²) in [6.07, 6.45) is 5.35. The number of rotatable bonds is 5. The van der Waals surface area contributed by atoms with Crippen LogP contribution in [0.15, 0.2) is 17.0 Å². The molecule has 4 nitrogen and oxygen atoms in total. The number of anilines is 1. The maximum absolute atomic E-state index is 12.5. The molecule has 0 aliphatic heterocycles. The standard InChI is InChI=1S/C14H22N2O2S2/c1-10-5-6-11(2)13(12(10)15)20(17,18)16-9-14(19-3)7-4-8-14/h5-6,16H,4,7-9,15H2,1-3H3. The monoisotopic (exact) mass is 314 g/mol. The molecule has 1 aliphatic carbocycles. The zero-order valence-electron chi connectivity index (χ0n) is 12.2. The van der Waals surface area contributed by atoms with Crippen molar-refractivity contribution < 1.29 is 8.42 Å². The number of nitrogens with two attached hydrogens (primary N) is 1. The van der Waals surface area contributed by atoms with E-state index in [1.54, 1.807) is 24.8 Å². The van der Waals surface area contributed by atoms with Crippen molar-refractivity contribution in [1.29, 1.82) is 0 Å². The Balaban J connectivity index is 2.25. The van der Waals surface area contributed by atoms with Crippen LogP contribution in [0.3, 0.4) is 0 Å². The van der Waals surface area contributed by atoms with Gasteiger partial charge in [0.05, 0.1) is 5.69 Å². The molecule has 0 unspecified atom stereocenters. The lowest BCUT2D eigenvalue weighted by Crippen LogP contribution is -2.45. The van der Waals surface area contributed by atoms with Crippen molar-refractivity contribution in [3.63, 3.8) is 0 Å². The molecule has 1 aromatic carbocycles. The van der Waals surface area contributed by atoms with E-state index in [2.05, 4.69) is 4.72 Å². The Labute approximate surface area is 125 Å². The van der Waals surface area contributed by atoms with Crippen molar-refractivity contribution in [3.05, 3.63) is 23.3 Å². The molecule has 0 saturated heterocycles. The SMILES string of the molecule is CSC1(CNS(=O)(=O)c2c(C)ccc(C)c2N)CCC1. The summed E-state index contributed by atoms with van der Waals surface area (Å²) < 4.78 is 27.9. The van der Waals surface area contributed by atoms with Gasteiger partial charge in [-0.3, -0.25) is 0 Å². The van der Waals surface area contributed by atoms with Crippen LogP contribution in [-0.2, 0) is 10.0 Å². The summed E-state index contributed by atoms with van der Waals surface area (Å²) in [6, 6.07) is 3.65. The highest BCUT2D eigenvalue weighted by molar-refractivity contribution is 8.00.